The van der Waals surface area contributed by atoms with Gasteiger partial charge >= 0.3 is 0 Å². The number of piperidine rings is 1. The average Bonchev–Trinajstić information content (AvgIpc) is 2.63. The Kier molecular flexibility index (Phi) is 3.44. The van der Waals surface area contributed by atoms with Gasteiger partial charge in [-0.1, -0.05) is 0 Å². The Bertz CT molecular complexity index is 242. The van der Waals surface area contributed by atoms with Crippen molar-refractivity contribution in [2.45, 2.75) is 19.3 Å². The van der Waals surface area contributed by atoms with E-state index in [-0.39, 0.29) is 0 Å². The van der Waals surface area contributed by atoms with E-state index in [0.29, 0.717) is 5.41 Å². The van der Waals surface area contributed by atoms with Crippen LogP contribution in [-0.2, 0) is 0 Å². The summed E-state index contributed by atoms with van der Waals surface area (Å²) < 4.78 is 2.45. The molecule has 0 amide bonds. The molecular formula is C12H22IN3. The van der Waals surface area contributed by atoms with Crippen LogP contribution < -0.4 is 5.32 Å². The molecule has 3 aliphatic heterocycles. The lowest BCUT2D eigenvalue weighted by atomic mass is 9.72. The van der Waals surface area contributed by atoms with Gasteiger partial charge in [-0.2, -0.15) is 0 Å². The smallest absolute Gasteiger partial charge is 0.0201 e. The summed E-state index contributed by atoms with van der Waals surface area (Å²) in [6.45, 7) is 9.23. The molecule has 0 unspecified atom stereocenters. The van der Waals surface area contributed by atoms with Gasteiger partial charge in [0.15, 0.2) is 0 Å². The lowest BCUT2D eigenvalue weighted by Crippen LogP contribution is -2.60. The topological polar surface area (TPSA) is 18.5 Å². The number of rotatable bonds is 2. The summed E-state index contributed by atoms with van der Waals surface area (Å²) in [6.07, 6.45) is 4.23. The molecule has 92 valence electrons. The summed E-state index contributed by atoms with van der Waals surface area (Å²) in [7, 11) is 0. The Morgan fingerprint density at radius 3 is 2.62 bits per heavy atom. The maximum absolute atomic E-state index is 3.48. The highest BCUT2D eigenvalue weighted by Gasteiger charge is 2.43. The number of hydrogen-bond acceptors (Lipinski definition) is 3. The molecule has 3 nitrogen and oxygen atoms in total. The highest BCUT2D eigenvalue weighted by atomic mass is 127. The van der Waals surface area contributed by atoms with Crippen molar-refractivity contribution in [1.82, 2.24) is 13.3 Å². The van der Waals surface area contributed by atoms with Crippen LogP contribution in [0.25, 0.3) is 0 Å². The van der Waals surface area contributed by atoms with E-state index in [4.69, 9.17) is 0 Å². The molecule has 0 aromatic carbocycles. The van der Waals surface area contributed by atoms with Gasteiger partial charge in [0.1, 0.15) is 0 Å². The fourth-order valence-corrected chi connectivity index (χ4v) is 4.44. The normalized spacial score (nSPS) is 35.4. The Labute approximate surface area is 112 Å². The highest BCUT2D eigenvalue weighted by Crippen LogP contribution is 2.39. The third kappa shape index (κ3) is 2.40. The van der Waals surface area contributed by atoms with Gasteiger partial charge in [0.05, 0.1) is 0 Å². The molecule has 1 spiro atoms. The SMILES string of the molecule is IN1CC[C@@H](CN2CC3(CCNCC3)C2)C1. The first kappa shape index (κ1) is 11.7. The standard InChI is InChI=1S/C12H22IN3/c13-16-6-1-11(8-16)7-15-9-12(10-15)2-4-14-5-3-12/h11,14H,1-10H2/t11-/m0/s1. The molecule has 0 bridgehead atoms. The molecule has 3 heterocycles. The molecular weight excluding hydrogens is 313 g/mol. The van der Waals surface area contributed by atoms with E-state index in [1.165, 1.54) is 65.1 Å². The van der Waals surface area contributed by atoms with Crippen molar-refractivity contribution in [3.8, 4) is 0 Å². The molecule has 3 fully saturated rings. The molecule has 0 aromatic rings. The summed E-state index contributed by atoms with van der Waals surface area (Å²) >= 11 is 2.47. The average molecular weight is 335 g/mol. The third-order valence-electron chi connectivity index (χ3n) is 4.53. The third-order valence-corrected chi connectivity index (χ3v) is 5.41. The lowest BCUT2D eigenvalue weighted by Gasteiger charge is -2.53. The van der Waals surface area contributed by atoms with E-state index in [0.717, 1.165) is 5.92 Å². The molecule has 4 heteroatoms. The van der Waals surface area contributed by atoms with E-state index in [1.807, 2.05) is 0 Å². The number of hydrogen-bond donors (Lipinski definition) is 1. The van der Waals surface area contributed by atoms with Gasteiger partial charge in [-0.3, -0.25) is 0 Å². The first-order valence-corrected chi connectivity index (χ1v) is 7.56. The van der Waals surface area contributed by atoms with E-state index in [9.17, 15) is 0 Å². The van der Waals surface area contributed by atoms with Crippen LogP contribution in [0.5, 0.6) is 0 Å². The maximum atomic E-state index is 3.48. The van der Waals surface area contributed by atoms with Crippen molar-refractivity contribution in [2.24, 2.45) is 11.3 Å². The van der Waals surface area contributed by atoms with Crippen molar-refractivity contribution >= 4 is 22.9 Å². The molecule has 1 atom stereocenters. The molecule has 16 heavy (non-hydrogen) atoms. The van der Waals surface area contributed by atoms with Crippen molar-refractivity contribution in [1.29, 1.82) is 0 Å². The zero-order valence-corrected chi connectivity index (χ0v) is 12.1. The summed E-state index contributed by atoms with van der Waals surface area (Å²) in [4.78, 5) is 2.70. The van der Waals surface area contributed by atoms with Crippen LogP contribution in [0, 0.1) is 11.3 Å². The Morgan fingerprint density at radius 2 is 2.00 bits per heavy atom. The van der Waals surface area contributed by atoms with Crippen LogP contribution in [0.2, 0.25) is 0 Å². The minimum absolute atomic E-state index is 0.716. The van der Waals surface area contributed by atoms with Crippen LogP contribution >= 0.6 is 22.9 Å². The van der Waals surface area contributed by atoms with E-state index in [2.05, 4.69) is 36.2 Å². The van der Waals surface area contributed by atoms with Gasteiger partial charge in [-0.05, 0) is 43.7 Å². The van der Waals surface area contributed by atoms with Gasteiger partial charge < -0.3 is 10.2 Å². The van der Waals surface area contributed by atoms with Crippen molar-refractivity contribution in [2.75, 3.05) is 45.8 Å². The molecule has 3 aliphatic rings. The van der Waals surface area contributed by atoms with E-state index >= 15 is 0 Å². The van der Waals surface area contributed by atoms with Crippen LogP contribution in [-0.4, -0.2) is 53.8 Å². The van der Waals surface area contributed by atoms with E-state index in [1.54, 1.807) is 0 Å². The molecule has 0 radical (unpaired) electrons. The minimum Gasteiger partial charge on any atom is -0.317 e. The number of halogens is 1. The first-order valence-electron chi connectivity index (χ1n) is 6.60. The molecule has 0 saturated carbocycles. The largest absolute Gasteiger partial charge is 0.317 e. The summed E-state index contributed by atoms with van der Waals surface area (Å²) in [5, 5.41) is 3.48. The second-order valence-corrected chi connectivity index (χ2v) is 7.31. The first-order chi connectivity index (χ1) is 7.76. The summed E-state index contributed by atoms with van der Waals surface area (Å²) in [5.74, 6) is 0.941. The predicted octanol–water partition coefficient (Wildman–Crippen LogP) is 1.34. The number of nitrogens with zero attached hydrogens (tertiary/aromatic N) is 2. The number of likely N-dealkylation sites (tertiary alicyclic amines) is 1. The molecule has 3 rings (SSSR count). The number of nitrogens with one attached hydrogen (secondary N) is 1. The van der Waals surface area contributed by atoms with Crippen molar-refractivity contribution < 1.29 is 0 Å². The molecule has 0 aromatic heterocycles. The second-order valence-electron chi connectivity index (χ2n) is 5.94. The van der Waals surface area contributed by atoms with Gasteiger partial charge in [0.25, 0.3) is 0 Å². The summed E-state index contributed by atoms with van der Waals surface area (Å²) in [5.41, 5.74) is 0.716. The van der Waals surface area contributed by atoms with E-state index < -0.39 is 0 Å². The Balaban J connectivity index is 1.43. The van der Waals surface area contributed by atoms with Crippen LogP contribution in [0.1, 0.15) is 19.3 Å². The van der Waals surface area contributed by atoms with Crippen LogP contribution in [0.4, 0.5) is 0 Å². The zero-order valence-electron chi connectivity index (χ0n) is 9.92. The minimum atomic E-state index is 0.716. The summed E-state index contributed by atoms with van der Waals surface area (Å²) in [6, 6.07) is 0. The highest BCUT2D eigenvalue weighted by molar-refractivity contribution is 14.1. The van der Waals surface area contributed by atoms with Gasteiger partial charge in [-0.25, -0.2) is 3.11 Å². The maximum Gasteiger partial charge on any atom is 0.0201 e. The van der Waals surface area contributed by atoms with Gasteiger partial charge in [0, 0.05) is 55.6 Å². The molecule has 3 saturated heterocycles. The van der Waals surface area contributed by atoms with Gasteiger partial charge in [-0.15, -0.1) is 0 Å². The zero-order chi connectivity index (χ0) is 11.0. The monoisotopic (exact) mass is 335 g/mol. The molecule has 0 aliphatic carbocycles. The van der Waals surface area contributed by atoms with Crippen LogP contribution in [0.15, 0.2) is 0 Å². The second kappa shape index (κ2) is 4.71. The van der Waals surface area contributed by atoms with Crippen molar-refractivity contribution in [3.63, 3.8) is 0 Å². The fraction of sp³-hybridized carbons (Fsp3) is 1.00. The quantitative estimate of drug-likeness (QED) is 0.607. The molecule has 1 N–H and O–H groups in total. The van der Waals surface area contributed by atoms with Gasteiger partial charge in [0.2, 0.25) is 0 Å². The Hall–Kier alpha value is 0.610. The Morgan fingerprint density at radius 1 is 1.25 bits per heavy atom. The van der Waals surface area contributed by atoms with Crippen molar-refractivity contribution in [3.05, 3.63) is 0 Å². The lowest BCUT2D eigenvalue weighted by molar-refractivity contribution is -0.0302. The fourth-order valence-electron chi connectivity index (χ4n) is 3.60. The predicted molar refractivity (Wildman–Crippen MR) is 74.7 cm³/mol. The van der Waals surface area contributed by atoms with Crippen LogP contribution in [0.3, 0.4) is 0 Å².